The van der Waals surface area contributed by atoms with Gasteiger partial charge in [-0.1, -0.05) is 83.7 Å². The highest BCUT2D eigenvalue weighted by atomic mass is 35.7. The van der Waals surface area contributed by atoms with E-state index in [9.17, 15) is 31.5 Å². The Labute approximate surface area is 888 Å². The first-order valence-corrected chi connectivity index (χ1v) is 55.2. The maximum atomic E-state index is 12.5. The van der Waals surface area contributed by atoms with Crippen molar-refractivity contribution in [1.29, 1.82) is 0 Å². The molecule has 36 heteroatoms. The summed E-state index contributed by atoms with van der Waals surface area (Å²) < 4.78 is 92.0. The van der Waals surface area contributed by atoms with E-state index in [1.54, 1.807) is 53.7 Å². The van der Waals surface area contributed by atoms with Gasteiger partial charge in [-0.25, -0.2) is 18.0 Å². The predicted molar refractivity (Wildman–Crippen MR) is 592 cm³/mol. The molecule has 8 aliphatic rings. The topological polar surface area (TPSA) is 331 Å². The van der Waals surface area contributed by atoms with Gasteiger partial charge in [0, 0.05) is 227 Å². The number of likely N-dealkylation sites (tertiary alicyclic amines) is 1. The minimum Gasteiger partial charge on any atom is -0.444 e. The fourth-order valence-corrected chi connectivity index (χ4v) is 20.8. The number of nitrogens with zero attached hydrogens (tertiary/aromatic N) is 13. The van der Waals surface area contributed by atoms with Gasteiger partial charge >= 0.3 is 12.2 Å². The predicted octanol–water partition coefficient (Wildman–Crippen LogP) is 17.5. The molecule has 0 spiro atoms. The van der Waals surface area contributed by atoms with Gasteiger partial charge in [-0.15, -0.1) is 12.4 Å². The summed E-state index contributed by atoms with van der Waals surface area (Å²) in [5.74, 6) is 0. The summed E-state index contributed by atoms with van der Waals surface area (Å²) in [4.78, 5) is 64.0. The number of aryl methyl sites for hydroxylation is 2. The Morgan fingerprint density at radius 1 is 0.385 bits per heavy atom. The molecule has 8 saturated heterocycles. The van der Waals surface area contributed by atoms with Gasteiger partial charge in [0.2, 0.25) is 0 Å². The van der Waals surface area contributed by atoms with Crippen molar-refractivity contribution in [2.75, 3.05) is 183 Å². The number of hydrogen-bond acceptors (Lipinski definition) is 29. The molecule has 0 saturated carbocycles. The molecule has 10 atom stereocenters. The van der Waals surface area contributed by atoms with Crippen LogP contribution in [0.15, 0.2) is 241 Å². The second-order valence-electron chi connectivity index (χ2n) is 40.3. The number of rotatable bonds is 15. The Hall–Kier alpha value is -10.4. The molecule has 8 fully saturated rings. The Balaban J connectivity index is 0.000000155. The maximum Gasteiger partial charge on any atom is 0.410 e. The minimum atomic E-state index is -3.82. The number of nitrogens with one attached hydrogen (secondary N) is 2. The summed E-state index contributed by atoms with van der Waals surface area (Å²) in [7, 11) is -2.28. The van der Waals surface area contributed by atoms with E-state index in [0.717, 1.165) is 177 Å². The van der Waals surface area contributed by atoms with Crippen LogP contribution >= 0.6 is 34.7 Å². The van der Waals surface area contributed by atoms with E-state index in [0.29, 0.717) is 25.7 Å². The molecule has 31 nitrogen and oxygen atoms in total. The lowest BCUT2D eigenvalue weighted by molar-refractivity contribution is -0.0518. The molecule has 4 N–H and O–H groups in total. The van der Waals surface area contributed by atoms with E-state index in [4.69, 9.17) is 64.7 Å². The summed E-state index contributed by atoms with van der Waals surface area (Å²) in [5.41, 5.74) is 10.9. The van der Waals surface area contributed by atoms with E-state index < -0.39 is 24.8 Å². The fraction of sp³-hybridized carbons (Fsp3) is 0.473. The van der Waals surface area contributed by atoms with Crippen LogP contribution in [0.5, 0.6) is 0 Å². The zero-order valence-electron chi connectivity index (χ0n) is 87.4. The van der Waals surface area contributed by atoms with Crippen molar-refractivity contribution < 1.29 is 74.0 Å². The van der Waals surface area contributed by atoms with Crippen molar-refractivity contribution in [3.8, 4) is 0 Å². The quantitative estimate of drug-likeness (QED) is 0.0547. The highest BCUT2D eigenvalue weighted by Gasteiger charge is 2.36. The molecule has 8 aliphatic heterocycles. The van der Waals surface area contributed by atoms with Gasteiger partial charge in [0.25, 0.3) is 19.2 Å². The summed E-state index contributed by atoms with van der Waals surface area (Å²) in [5, 5.41) is 30.7. The zero-order valence-corrected chi connectivity index (χ0v) is 91.4. The molecule has 20 rings (SSSR count). The highest BCUT2D eigenvalue weighted by molar-refractivity contribution is 8.13. The molecule has 7 aromatic carbocycles. The van der Waals surface area contributed by atoms with Gasteiger partial charge in [0.1, 0.15) is 17.3 Å². The molecule has 0 unspecified atom stereocenters. The van der Waals surface area contributed by atoms with Crippen LogP contribution in [0.3, 0.4) is 0 Å². The van der Waals surface area contributed by atoms with Crippen molar-refractivity contribution in [2.24, 2.45) is 0 Å². The molecule has 800 valence electrons. The second kappa shape index (κ2) is 56.1. The Morgan fingerprint density at radius 3 is 1.09 bits per heavy atom. The number of piperidine rings is 1. The van der Waals surface area contributed by atoms with Crippen molar-refractivity contribution in [3.63, 3.8) is 0 Å². The first kappa shape index (κ1) is 116. The van der Waals surface area contributed by atoms with Crippen LogP contribution in [0.1, 0.15) is 107 Å². The van der Waals surface area contributed by atoms with Crippen LogP contribution < -0.4 is 30.2 Å². The van der Waals surface area contributed by atoms with Crippen LogP contribution in [-0.2, 0) is 56.5 Å². The molecular weight excluding hydrogens is 1980 g/mol. The molecule has 5 aromatic heterocycles. The lowest BCUT2D eigenvalue weighted by atomic mass is 10.1. The van der Waals surface area contributed by atoms with E-state index >= 15 is 0 Å². The first-order chi connectivity index (χ1) is 70.5. The molecule has 0 aliphatic carbocycles. The monoisotopic (exact) mass is 2130 g/mol. The summed E-state index contributed by atoms with van der Waals surface area (Å²) in [6.45, 7) is 44.4. The molecule has 148 heavy (non-hydrogen) atoms. The average molecular weight is 2130 g/mol. The van der Waals surface area contributed by atoms with Crippen LogP contribution in [0, 0.1) is 13.8 Å². The van der Waals surface area contributed by atoms with Gasteiger partial charge in [0.15, 0.2) is 0 Å². The smallest absolute Gasteiger partial charge is 0.410 e. The van der Waals surface area contributed by atoms with Gasteiger partial charge in [-0.05, 0) is 262 Å². The normalized spacial score (nSPS) is 21.5. The summed E-state index contributed by atoms with van der Waals surface area (Å²) in [6.07, 6.45) is 13.4. The Kier molecular flexibility index (Phi) is 44.1. The molecule has 13 heterocycles. The van der Waals surface area contributed by atoms with Crippen molar-refractivity contribution >= 4 is 143 Å². The number of fused-ring (bicyclic) bond motifs is 5. The molecule has 2 amide bonds. The average Bonchev–Trinajstić information content (AvgIpc) is 0.802. The number of piperazine rings is 2. The number of aliphatic hydroxyl groups excluding tert-OH is 2. The van der Waals surface area contributed by atoms with Crippen LogP contribution in [0.25, 0.3) is 54.5 Å². The summed E-state index contributed by atoms with van der Waals surface area (Å²) >= 11 is 5.92. The largest absolute Gasteiger partial charge is 0.444 e. The highest BCUT2D eigenvalue weighted by Crippen LogP contribution is 2.35. The first-order valence-electron chi connectivity index (χ1n) is 51.1. The number of carbonyl (C=O) groups is 2. The van der Waals surface area contributed by atoms with Gasteiger partial charge in [-0.3, -0.25) is 34.0 Å². The lowest BCUT2D eigenvalue weighted by Gasteiger charge is -2.42. The van der Waals surface area contributed by atoms with Crippen molar-refractivity contribution in [2.45, 2.75) is 191 Å². The Morgan fingerprint density at radius 2 is 0.723 bits per heavy atom. The number of pyridine rings is 5. The number of aromatic nitrogens is 5. The number of aliphatic hydroxyl groups is 2. The SMILES string of the molecule is CC(C)(C)OC(=O)N1CCNCC1.C[C@@H]1CN(c2cccc3ncccc23)C[C@H](CN2CCCCC2)O1.C[C@@H]1CN(c2cccc3ncccc23)C[C@H](CN2CCN(C(=O)OC(C)(C)C)CC2)O1.C[C@@H]1CN(c2cccc3ncccc23)C[C@H](CO)O1.C[C@@H]1CNC[C@H](CO)O1.Cc1ccc(S(=O)(=O)Cl)cc1.Cc1ccc(S(=O)(=O)OC[C@H]2CN(c3cccc4ncccc34)C[C@@H](C)O2)cc1.Cl.Clc1cccc2ncccc12. The van der Waals surface area contributed by atoms with Gasteiger partial charge < -0.3 is 88.3 Å². The van der Waals surface area contributed by atoms with E-state index in [2.05, 4.69) is 146 Å². The number of anilines is 4. The Bertz CT molecular complexity index is 6390. The van der Waals surface area contributed by atoms with E-state index in [1.807, 2.05) is 185 Å². The minimum absolute atomic E-state index is 0. The summed E-state index contributed by atoms with van der Waals surface area (Å²) in [6, 6.07) is 63.9. The van der Waals surface area contributed by atoms with Gasteiger partial charge in [-0.2, -0.15) is 8.42 Å². The third kappa shape index (κ3) is 35.6. The van der Waals surface area contributed by atoms with Crippen LogP contribution in [0.2, 0.25) is 5.02 Å². The molecule has 12 aromatic rings. The number of ether oxygens (including phenoxy) is 7. The van der Waals surface area contributed by atoms with Gasteiger partial charge in [0.05, 0.1) is 112 Å². The standard InChI is InChI=1S/C24H34N4O3.C22H24N2O4S.C20H27N3O.C15H18N2O2.C9H6ClN.C9H18N2O2.C7H7ClO2S.C6H13NO2.ClH/c1-18-15-28(22-9-5-8-21-20(22)7-6-10-25-21)17-19(30-18)16-26-11-13-27(14-12-26)23(29)31-24(2,3)4;1-16-8-10-19(11-9-16)29(25,26)27-15-18-14-24(13-17(2)28-18)22-7-3-6-21-20(22)5-4-12-23-21;1-16-13-23(15-17(24-16)14-22-11-3-2-4-12-22)20-9-5-8-19-18(20)7-6-10-21-19;1-11-8-17(9-12(10-18)19-11)15-6-2-5-14-13(15)4-3-7-16-14;10-8-4-1-5-9-7(8)3-2-6-11-9;1-9(2,3)13-8(12)11-6-4-10-5-7-11;1-6-2-4-7(5-3-6)11(8,9)10;1-5-2-7-3-6(4-8)9-5;/h5-10,18-19H,11-17H2,1-4H3;3-12,17-18H,13-15H2,1-2H3;5-10,16-17H,2-4,11-15H2,1H3;2-7,11-12,18H,8-10H2,1H3;1-6H;10H,4-7H2,1-3H3;2-5H,1H3;5-8H,2-4H2,1H3;1H/t18-,19+;17-,18-;16-,17+;11-,12-;;;;5-,6-;/m1111...1./s1. The number of hydrogen-bond donors (Lipinski definition) is 4. The molecule has 0 bridgehead atoms. The zero-order chi connectivity index (χ0) is 105. The maximum absolute atomic E-state index is 12.5. The third-order valence-electron chi connectivity index (χ3n) is 25.6. The van der Waals surface area contributed by atoms with E-state index in [-0.39, 0.29) is 115 Å². The van der Waals surface area contributed by atoms with Crippen LogP contribution in [0.4, 0.5) is 32.3 Å². The number of morpholine rings is 5. The van der Waals surface area contributed by atoms with Crippen molar-refractivity contribution in [3.05, 3.63) is 247 Å². The number of amides is 2. The van der Waals surface area contributed by atoms with Crippen molar-refractivity contribution in [1.82, 2.24) is 55.2 Å². The number of carbonyl (C=O) groups excluding carboxylic acids is 2. The second-order valence-corrected chi connectivity index (χ2v) is 44.9. The van der Waals surface area contributed by atoms with Crippen LogP contribution in [-0.4, -0.2) is 320 Å². The molecular formula is C112H148Cl3N15O16S2. The number of benzene rings is 7. The lowest BCUT2D eigenvalue weighted by Crippen LogP contribution is -2.55. The van der Waals surface area contributed by atoms with E-state index in [1.165, 1.54) is 72.3 Å². The molecule has 0 radical (unpaired) electrons. The fourth-order valence-electron chi connectivity index (χ4n) is 18.8. The third-order valence-corrected chi connectivity index (χ3v) is 28.6. The number of halogens is 3.